The molecule has 0 amide bonds. The van der Waals surface area contributed by atoms with Crippen LogP contribution in [0.15, 0.2) is 64.6 Å². The van der Waals surface area contributed by atoms with E-state index in [9.17, 15) is 18.3 Å². The lowest BCUT2D eigenvalue weighted by atomic mass is 9.51. The molecule has 1 N–H and O–H groups in total. The minimum Gasteiger partial charge on any atom is -0.385 e. The van der Waals surface area contributed by atoms with Gasteiger partial charge >= 0.3 is 0 Å². The van der Waals surface area contributed by atoms with E-state index in [1.54, 1.807) is 22.5 Å². The summed E-state index contributed by atoms with van der Waals surface area (Å²) in [6.45, 7) is 7.46. The summed E-state index contributed by atoms with van der Waals surface area (Å²) in [5.74, 6) is 1.07. The van der Waals surface area contributed by atoms with E-state index in [1.165, 1.54) is 16.7 Å². The van der Waals surface area contributed by atoms with Crippen LogP contribution in [0.5, 0.6) is 0 Å². The highest BCUT2D eigenvalue weighted by atomic mass is 32.2. The first-order valence-electron chi connectivity index (χ1n) is 14.1. The molecular formula is C31H39NO4S. The summed E-state index contributed by atoms with van der Waals surface area (Å²) in [5.41, 5.74) is 3.94. The van der Waals surface area contributed by atoms with Gasteiger partial charge < -0.3 is 5.11 Å². The van der Waals surface area contributed by atoms with Gasteiger partial charge in [-0.15, -0.1) is 6.58 Å². The second kappa shape index (κ2) is 9.03. The van der Waals surface area contributed by atoms with Gasteiger partial charge in [0.05, 0.1) is 10.5 Å². The van der Waals surface area contributed by atoms with Crippen molar-refractivity contribution in [2.24, 2.45) is 17.3 Å². The number of benzene rings is 1. The number of rotatable bonds is 4. The Morgan fingerprint density at radius 2 is 1.78 bits per heavy atom. The highest BCUT2D eigenvalue weighted by molar-refractivity contribution is 7.89. The zero-order valence-corrected chi connectivity index (χ0v) is 22.7. The number of hydrogen-bond acceptors (Lipinski definition) is 4. The third-order valence-corrected chi connectivity index (χ3v) is 12.4. The van der Waals surface area contributed by atoms with E-state index in [-0.39, 0.29) is 17.1 Å². The van der Waals surface area contributed by atoms with Crippen LogP contribution in [0, 0.1) is 17.3 Å². The average molecular weight is 522 g/mol. The van der Waals surface area contributed by atoms with Crippen molar-refractivity contribution in [3.8, 4) is 0 Å². The summed E-state index contributed by atoms with van der Waals surface area (Å²) < 4.78 is 28.2. The molecule has 1 heterocycles. The van der Waals surface area contributed by atoms with Crippen LogP contribution in [0.2, 0.25) is 0 Å². The molecule has 1 saturated heterocycles. The fraction of sp³-hybridized carbons (Fsp3) is 0.581. The third kappa shape index (κ3) is 3.85. The van der Waals surface area contributed by atoms with E-state index >= 15 is 0 Å². The van der Waals surface area contributed by atoms with Gasteiger partial charge in [0.2, 0.25) is 10.0 Å². The van der Waals surface area contributed by atoms with Crippen LogP contribution in [0.1, 0.15) is 82.6 Å². The van der Waals surface area contributed by atoms with Crippen molar-refractivity contribution < 1.29 is 18.3 Å². The average Bonchev–Trinajstić information content (AvgIpc) is 3.19. The lowest BCUT2D eigenvalue weighted by molar-refractivity contribution is -0.114. The van der Waals surface area contributed by atoms with Gasteiger partial charge in [0.25, 0.3) is 0 Å². The number of carbonyl (C=O) groups excluding carboxylic acids is 1. The van der Waals surface area contributed by atoms with Crippen LogP contribution in [-0.2, 0) is 14.8 Å². The molecule has 6 rings (SSSR count). The molecule has 0 radical (unpaired) electrons. The van der Waals surface area contributed by atoms with Gasteiger partial charge in [-0.1, -0.05) is 37.1 Å². The van der Waals surface area contributed by atoms with Gasteiger partial charge in [-0.3, -0.25) is 4.79 Å². The fourth-order valence-corrected chi connectivity index (χ4v) is 9.98. The molecule has 0 unspecified atom stereocenters. The van der Waals surface area contributed by atoms with Crippen molar-refractivity contribution in [3.63, 3.8) is 0 Å². The minimum atomic E-state index is -3.49. The monoisotopic (exact) mass is 521 g/mol. The van der Waals surface area contributed by atoms with Crippen LogP contribution >= 0.6 is 0 Å². The van der Waals surface area contributed by atoms with Crippen LogP contribution in [0.4, 0.5) is 0 Å². The maximum Gasteiger partial charge on any atom is 0.243 e. The van der Waals surface area contributed by atoms with Crippen molar-refractivity contribution in [2.75, 3.05) is 13.1 Å². The molecule has 0 spiro atoms. The van der Waals surface area contributed by atoms with Gasteiger partial charge in [-0.25, -0.2) is 8.42 Å². The molecule has 5 atom stereocenters. The van der Waals surface area contributed by atoms with E-state index in [2.05, 4.69) is 13.5 Å². The Kier molecular flexibility index (Phi) is 6.17. The second-order valence-corrected chi connectivity index (χ2v) is 14.1. The van der Waals surface area contributed by atoms with Crippen LogP contribution in [0.25, 0.3) is 0 Å². The first-order valence-corrected chi connectivity index (χ1v) is 15.5. The van der Waals surface area contributed by atoms with Crippen molar-refractivity contribution in [3.05, 3.63) is 65.3 Å². The van der Waals surface area contributed by atoms with E-state index in [0.29, 0.717) is 36.2 Å². The molecule has 1 aliphatic heterocycles. The van der Waals surface area contributed by atoms with Gasteiger partial charge in [-0.2, -0.15) is 4.31 Å². The molecule has 0 aromatic heterocycles. The number of allylic oxidation sites excluding steroid dienone is 4. The molecule has 1 aromatic rings. The maximum atomic E-state index is 13.3. The lowest BCUT2D eigenvalue weighted by Gasteiger charge is -2.54. The molecule has 37 heavy (non-hydrogen) atoms. The Bertz CT molecular complexity index is 1290. The van der Waals surface area contributed by atoms with Crippen molar-refractivity contribution in [1.82, 2.24) is 4.31 Å². The molecule has 5 nitrogen and oxygen atoms in total. The predicted molar refractivity (Wildman–Crippen MR) is 144 cm³/mol. The van der Waals surface area contributed by atoms with Crippen LogP contribution in [0.3, 0.4) is 0 Å². The van der Waals surface area contributed by atoms with Gasteiger partial charge in [0.1, 0.15) is 0 Å². The molecule has 3 fully saturated rings. The minimum absolute atomic E-state index is 0.0921. The normalized spacial score (nSPS) is 36.4. The Balaban J connectivity index is 1.43. The largest absolute Gasteiger partial charge is 0.385 e. The number of sulfonamides is 1. The number of fused-ring (bicyclic) bond motifs is 4. The number of hydrogen-bond donors (Lipinski definition) is 1. The molecular weight excluding hydrogens is 482 g/mol. The predicted octanol–water partition coefficient (Wildman–Crippen LogP) is 5.68. The number of carbonyl (C=O) groups is 1. The van der Waals surface area contributed by atoms with E-state index in [1.807, 2.05) is 18.2 Å². The van der Waals surface area contributed by atoms with Crippen molar-refractivity contribution >= 4 is 15.8 Å². The van der Waals surface area contributed by atoms with Gasteiger partial charge in [0, 0.05) is 30.8 Å². The number of nitrogens with zero attached hydrogens (tertiary/aromatic N) is 1. The Hall–Kier alpha value is -2.02. The SMILES string of the molecule is C=C[C@]1(O)CC[C@H]2[C@@H]3CCC4=CC(=O)CCC4=C3[C@@H](c3ccc(S(=O)(=O)N4CCCCC4)cc3)C[C@@]21C. The van der Waals surface area contributed by atoms with Gasteiger partial charge in [-0.05, 0) is 98.1 Å². The van der Waals surface area contributed by atoms with Crippen molar-refractivity contribution in [1.29, 1.82) is 0 Å². The van der Waals surface area contributed by atoms with Crippen molar-refractivity contribution in [2.45, 2.75) is 87.5 Å². The second-order valence-electron chi connectivity index (χ2n) is 12.2. The molecule has 5 aliphatic rings. The number of piperidine rings is 1. The Labute approximate surface area is 221 Å². The van der Waals surface area contributed by atoms with Crippen LogP contribution in [-0.4, -0.2) is 42.3 Å². The Morgan fingerprint density at radius 1 is 1.05 bits per heavy atom. The summed E-state index contributed by atoms with van der Waals surface area (Å²) in [6.07, 6.45) is 12.4. The number of aliphatic hydroxyl groups is 1. The first kappa shape index (κ1) is 25.3. The number of ketones is 1. The highest BCUT2D eigenvalue weighted by Gasteiger charge is 2.61. The molecule has 6 heteroatoms. The maximum absolute atomic E-state index is 13.3. The van der Waals surface area contributed by atoms with E-state index < -0.39 is 15.6 Å². The smallest absolute Gasteiger partial charge is 0.243 e. The molecule has 1 aromatic carbocycles. The molecule has 4 aliphatic carbocycles. The standard InChI is InChI=1S/C31H39NO4S/c1-3-31(34)16-15-28-26-13-9-22-19-23(33)10-14-25(22)29(26)27(20-30(28,31)2)21-7-11-24(12-8-21)37(35,36)32-17-5-4-6-18-32/h3,7-8,11-12,19,26-28,34H,1,4-6,9-10,13-18,20H2,2H3/t26-,27+,28-,30-,31-/m0/s1. The summed E-state index contributed by atoms with van der Waals surface area (Å²) in [6, 6.07) is 7.58. The summed E-state index contributed by atoms with van der Waals surface area (Å²) in [4.78, 5) is 12.6. The zero-order valence-electron chi connectivity index (χ0n) is 21.9. The topological polar surface area (TPSA) is 74.7 Å². The van der Waals surface area contributed by atoms with Gasteiger partial charge in [0.15, 0.2) is 5.78 Å². The highest BCUT2D eigenvalue weighted by Crippen LogP contribution is 2.67. The third-order valence-electron chi connectivity index (χ3n) is 10.5. The lowest BCUT2D eigenvalue weighted by Crippen LogP contribution is -2.50. The quantitative estimate of drug-likeness (QED) is 0.518. The summed E-state index contributed by atoms with van der Waals surface area (Å²) in [5, 5.41) is 11.7. The zero-order chi connectivity index (χ0) is 26.0. The Morgan fingerprint density at radius 3 is 2.49 bits per heavy atom. The van der Waals surface area contributed by atoms with E-state index in [0.717, 1.165) is 63.4 Å². The fourth-order valence-electron chi connectivity index (χ4n) is 8.46. The summed E-state index contributed by atoms with van der Waals surface area (Å²) in [7, 11) is -3.49. The summed E-state index contributed by atoms with van der Waals surface area (Å²) >= 11 is 0. The molecule has 2 saturated carbocycles. The molecule has 0 bridgehead atoms. The van der Waals surface area contributed by atoms with Crippen LogP contribution < -0.4 is 0 Å². The first-order chi connectivity index (χ1) is 17.7. The van der Waals surface area contributed by atoms with E-state index in [4.69, 9.17) is 0 Å². The molecule has 198 valence electrons.